The molecule has 2 aromatic carbocycles. The van der Waals surface area contributed by atoms with Gasteiger partial charge in [0.1, 0.15) is 5.75 Å². The van der Waals surface area contributed by atoms with Gasteiger partial charge in [-0.05, 0) is 55.5 Å². The number of carbonyl (C=O) groups excluding carboxylic acids is 1. The number of halogens is 1. The number of rotatable bonds is 9. The first-order valence-electron chi connectivity index (χ1n) is 9.06. The van der Waals surface area contributed by atoms with Gasteiger partial charge in [0, 0.05) is 22.3 Å². The molecule has 1 N–H and O–H groups in total. The van der Waals surface area contributed by atoms with Crippen LogP contribution in [0.25, 0.3) is 11.4 Å². The molecule has 0 radical (unpaired) electrons. The van der Waals surface area contributed by atoms with Gasteiger partial charge in [0.05, 0.1) is 12.4 Å². The average Bonchev–Trinajstić information content (AvgIpc) is 3.12. The second-order valence-electron chi connectivity index (χ2n) is 6.01. The lowest BCUT2D eigenvalue weighted by Gasteiger charge is -2.09. The maximum Gasteiger partial charge on any atom is 0.234 e. The van der Waals surface area contributed by atoms with Gasteiger partial charge in [-0.1, -0.05) is 33.8 Å². The van der Waals surface area contributed by atoms with Crippen LogP contribution < -0.4 is 10.1 Å². The van der Waals surface area contributed by atoms with Crippen molar-refractivity contribution in [1.82, 2.24) is 14.8 Å². The van der Waals surface area contributed by atoms with Crippen molar-refractivity contribution < 1.29 is 9.53 Å². The minimum Gasteiger partial charge on any atom is -0.494 e. The molecule has 150 valence electrons. The Kier molecular flexibility index (Phi) is 7.48. The zero-order chi connectivity index (χ0) is 20.6. The Bertz CT molecular complexity index is 971. The smallest absolute Gasteiger partial charge is 0.234 e. The van der Waals surface area contributed by atoms with Crippen LogP contribution in [0.2, 0.25) is 0 Å². The molecule has 1 aromatic heterocycles. The van der Waals surface area contributed by atoms with Crippen LogP contribution in [0.3, 0.4) is 0 Å². The third kappa shape index (κ3) is 5.71. The molecule has 1 heterocycles. The lowest BCUT2D eigenvalue weighted by Crippen LogP contribution is -2.14. The highest BCUT2D eigenvalue weighted by atomic mass is 79.9. The number of nitrogens with one attached hydrogen (secondary N) is 1. The van der Waals surface area contributed by atoms with E-state index in [-0.39, 0.29) is 11.7 Å². The van der Waals surface area contributed by atoms with Crippen LogP contribution in [0.15, 0.2) is 70.8 Å². The van der Waals surface area contributed by atoms with Gasteiger partial charge in [0.2, 0.25) is 5.91 Å². The first-order chi connectivity index (χ1) is 14.1. The Morgan fingerprint density at radius 1 is 1.21 bits per heavy atom. The number of benzene rings is 2. The zero-order valence-corrected chi connectivity index (χ0v) is 18.4. The van der Waals surface area contributed by atoms with Crippen molar-refractivity contribution >= 4 is 39.3 Å². The molecule has 0 saturated heterocycles. The summed E-state index contributed by atoms with van der Waals surface area (Å²) in [5.74, 6) is 1.66. The van der Waals surface area contributed by atoms with Gasteiger partial charge in [0.25, 0.3) is 0 Å². The van der Waals surface area contributed by atoms with Crippen LogP contribution in [0, 0.1) is 0 Å². The van der Waals surface area contributed by atoms with Crippen molar-refractivity contribution in [1.29, 1.82) is 0 Å². The van der Waals surface area contributed by atoms with E-state index in [4.69, 9.17) is 4.74 Å². The molecule has 0 aliphatic carbocycles. The summed E-state index contributed by atoms with van der Waals surface area (Å²) < 4.78 is 8.40. The van der Waals surface area contributed by atoms with Crippen molar-refractivity contribution in [3.63, 3.8) is 0 Å². The molecule has 3 aromatic rings. The largest absolute Gasteiger partial charge is 0.494 e. The Morgan fingerprint density at radius 2 is 1.93 bits per heavy atom. The molecule has 0 bridgehead atoms. The molecular formula is C21H21BrN4O2S. The van der Waals surface area contributed by atoms with Gasteiger partial charge in [-0.15, -0.1) is 16.8 Å². The summed E-state index contributed by atoms with van der Waals surface area (Å²) in [7, 11) is 0. The van der Waals surface area contributed by atoms with Crippen LogP contribution in [-0.2, 0) is 11.3 Å². The monoisotopic (exact) mass is 472 g/mol. The summed E-state index contributed by atoms with van der Waals surface area (Å²) in [6.45, 7) is 6.94. The Hall–Kier alpha value is -2.58. The first-order valence-corrected chi connectivity index (χ1v) is 10.8. The lowest BCUT2D eigenvalue weighted by molar-refractivity contribution is -0.113. The number of ether oxygens (including phenoxy) is 1. The van der Waals surface area contributed by atoms with Crippen molar-refractivity contribution in [3.05, 3.63) is 65.7 Å². The highest BCUT2D eigenvalue weighted by molar-refractivity contribution is 9.10. The normalized spacial score (nSPS) is 10.6. The molecule has 0 aliphatic heterocycles. The third-order valence-electron chi connectivity index (χ3n) is 3.91. The number of hydrogen-bond acceptors (Lipinski definition) is 5. The molecule has 1 amide bonds. The summed E-state index contributed by atoms with van der Waals surface area (Å²) in [5.41, 5.74) is 1.68. The Labute approximate surface area is 182 Å². The van der Waals surface area contributed by atoms with Crippen molar-refractivity contribution in [2.75, 3.05) is 17.7 Å². The van der Waals surface area contributed by atoms with E-state index in [1.807, 2.05) is 60.0 Å². The molecule has 0 saturated carbocycles. The van der Waals surface area contributed by atoms with Crippen molar-refractivity contribution in [2.24, 2.45) is 0 Å². The van der Waals surface area contributed by atoms with E-state index in [1.54, 1.807) is 6.08 Å². The van der Waals surface area contributed by atoms with Crippen LogP contribution in [0.5, 0.6) is 5.75 Å². The van der Waals surface area contributed by atoms with E-state index in [0.717, 1.165) is 27.3 Å². The average molecular weight is 473 g/mol. The van der Waals surface area contributed by atoms with Gasteiger partial charge in [-0.2, -0.15) is 0 Å². The summed E-state index contributed by atoms with van der Waals surface area (Å²) >= 11 is 4.72. The number of aromatic nitrogens is 3. The second kappa shape index (κ2) is 10.3. The van der Waals surface area contributed by atoms with Gasteiger partial charge in [0.15, 0.2) is 11.0 Å². The Morgan fingerprint density at radius 3 is 2.59 bits per heavy atom. The Balaban J connectivity index is 1.70. The second-order valence-corrected chi connectivity index (χ2v) is 7.86. The van der Waals surface area contributed by atoms with Gasteiger partial charge in [-0.25, -0.2) is 0 Å². The fraction of sp³-hybridized carbons (Fsp3) is 0.190. The van der Waals surface area contributed by atoms with E-state index in [9.17, 15) is 4.79 Å². The quantitative estimate of drug-likeness (QED) is 0.349. The molecule has 0 unspecified atom stereocenters. The zero-order valence-electron chi connectivity index (χ0n) is 16.0. The molecule has 6 nitrogen and oxygen atoms in total. The van der Waals surface area contributed by atoms with Crippen molar-refractivity contribution in [2.45, 2.75) is 18.6 Å². The maximum absolute atomic E-state index is 12.3. The highest BCUT2D eigenvalue weighted by Crippen LogP contribution is 2.26. The maximum atomic E-state index is 12.3. The first kappa shape index (κ1) is 21.1. The lowest BCUT2D eigenvalue weighted by atomic mass is 10.2. The summed E-state index contributed by atoms with van der Waals surface area (Å²) in [4.78, 5) is 12.3. The summed E-state index contributed by atoms with van der Waals surface area (Å²) in [5, 5.41) is 12.1. The number of anilines is 1. The predicted molar refractivity (Wildman–Crippen MR) is 120 cm³/mol. The molecule has 0 spiro atoms. The molecule has 29 heavy (non-hydrogen) atoms. The van der Waals surface area contributed by atoms with E-state index < -0.39 is 0 Å². The van der Waals surface area contributed by atoms with Crippen molar-refractivity contribution in [3.8, 4) is 17.1 Å². The summed E-state index contributed by atoms with van der Waals surface area (Å²) in [6.07, 6.45) is 1.79. The number of amides is 1. The minimum absolute atomic E-state index is 0.104. The number of thioether (sulfide) groups is 1. The molecule has 0 aliphatic rings. The van der Waals surface area contributed by atoms with E-state index >= 15 is 0 Å². The SMILES string of the molecule is C=CCn1c(SCC(=O)Nc2ccc(Br)cc2)nnc1-c1ccc(OCC)cc1. The van der Waals surface area contributed by atoms with Crippen LogP contribution in [0.1, 0.15) is 6.92 Å². The minimum atomic E-state index is -0.104. The molecule has 3 rings (SSSR count). The van der Waals surface area contributed by atoms with E-state index in [0.29, 0.717) is 18.3 Å². The fourth-order valence-corrected chi connectivity index (χ4v) is 3.64. The van der Waals surface area contributed by atoms with E-state index in [2.05, 4.69) is 38.0 Å². The van der Waals surface area contributed by atoms with Crippen LogP contribution in [-0.4, -0.2) is 33.0 Å². The standard InChI is InChI=1S/C21H21BrN4O2S/c1-3-13-26-20(15-5-11-18(12-6-15)28-4-2)24-25-21(26)29-14-19(27)23-17-9-7-16(22)8-10-17/h3,5-12H,1,4,13-14H2,2H3,(H,23,27). The van der Waals surface area contributed by atoms with E-state index in [1.165, 1.54) is 11.8 Å². The molecule has 0 atom stereocenters. The topological polar surface area (TPSA) is 69.0 Å². The number of carbonyl (C=O) groups is 1. The number of allylic oxidation sites excluding steroid dienone is 1. The van der Waals surface area contributed by atoms with Crippen LogP contribution in [0.4, 0.5) is 5.69 Å². The predicted octanol–water partition coefficient (Wildman–Crippen LogP) is 5.02. The number of nitrogens with zero attached hydrogens (tertiary/aromatic N) is 3. The van der Waals surface area contributed by atoms with Crippen LogP contribution >= 0.6 is 27.7 Å². The summed E-state index contributed by atoms with van der Waals surface area (Å²) in [6, 6.07) is 15.2. The molecule has 0 fully saturated rings. The molecular weight excluding hydrogens is 452 g/mol. The third-order valence-corrected chi connectivity index (χ3v) is 5.41. The van der Waals surface area contributed by atoms with Gasteiger partial charge in [-0.3, -0.25) is 9.36 Å². The van der Waals surface area contributed by atoms with Gasteiger partial charge >= 0.3 is 0 Å². The molecule has 8 heteroatoms. The fourth-order valence-electron chi connectivity index (χ4n) is 2.63. The van der Waals surface area contributed by atoms with Gasteiger partial charge < -0.3 is 10.1 Å². The highest BCUT2D eigenvalue weighted by Gasteiger charge is 2.15. The number of hydrogen-bond donors (Lipinski definition) is 1.